The van der Waals surface area contributed by atoms with Gasteiger partial charge in [-0.1, -0.05) is 23.7 Å². The minimum Gasteiger partial charge on any atom is -0.494 e. The van der Waals surface area contributed by atoms with E-state index in [0.717, 1.165) is 11.1 Å². The van der Waals surface area contributed by atoms with Crippen molar-refractivity contribution >= 4 is 21.6 Å². The number of ether oxygens (including phenoxy) is 1. The molecule has 6 heteroatoms. The summed E-state index contributed by atoms with van der Waals surface area (Å²) >= 11 is 5.85. The molecule has 4 nitrogen and oxygen atoms in total. The van der Waals surface area contributed by atoms with Crippen LogP contribution in [0.5, 0.6) is 5.75 Å². The third kappa shape index (κ3) is 4.47. The second-order valence-electron chi connectivity index (χ2n) is 5.25. The van der Waals surface area contributed by atoms with Crippen molar-refractivity contribution in [3.05, 3.63) is 58.6 Å². The molecule has 0 bridgehead atoms. The van der Waals surface area contributed by atoms with Crippen LogP contribution < -0.4 is 9.46 Å². The number of hydrogen-bond acceptors (Lipinski definition) is 3. The summed E-state index contributed by atoms with van der Waals surface area (Å²) < 4.78 is 33.2. The van der Waals surface area contributed by atoms with E-state index in [1.54, 1.807) is 49.4 Å². The van der Waals surface area contributed by atoms with Crippen molar-refractivity contribution < 1.29 is 13.2 Å². The molecule has 2 aromatic rings. The number of hydrogen-bond donors (Lipinski definition) is 1. The fraction of sp³-hybridized carbons (Fsp3) is 0.294. The molecule has 0 amide bonds. The largest absolute Gasteiger partial charge is 0.494 e. The lowest BCUT2D eigenvalue weighted by Crippen LogP contribution is -2.27. The molecule has 0 aliphatic carbocycles. The van der Waals surface area contributed by atoms with Crippen LogP contribution in [0.4, 0.5) is 0 Å². The van der Waals surface area contributed by atoms with E-state index in [4.69, 9.17) is 16.3 Å². The number of sulfonamides is 1. The second kappa shape index (κ2) is 7.34. The van der Waals surface area contributed by atoms with Gasteiger partial charge in [-0.15, -0.1) is 0 Å². The van der Waals surface area contributed by atoms with Crippen LogP contribution in [0, 0.1) is 6.92 Å². The van der Waals surface area contributed by atoms with E-state index in [1.807, 2.05) is 13.8 Å². The number of nitrogens with one attached hydrogen (secondary N) is 1. The van der Waals surface area contributed by atoms with Gasteiger partial charge in [0, 0.05) is 11.1 Å². The number of rotatable bonds is 6. The molecular formula is C17H20ClNO3S. The van der Waals surface area contributed by atoms with Crippen LogP contribution >= 0.6 is 11.6 Å². The predicted molar refractivity (Wildman–Crippen MR) is 92.5 cm³/mol. The Kier molecular flexibility index (Phi) is 5.68. The average molecular weight is 354 g/mol. The minimum atomic E-state index is -3.61. The molecule has 1 atom stereocenters. The normalized spacial score (nSPS) is 12.9. The predicted octanol–water partition coefficient (Wildman–Crippen LogP) is 4.09. The van der Waals surface area contributed by atoms with Gasteiger partial charge in [0.25, 0.3) is 0 Å². The highest BCUT2D eigenvalue weighted by Crippen LogP contribution is 2.23. The summed E-state index contributed by atoms with van der Waals surface area (Å²) in [5, 5.41) is 0.617. The summed E-state index contributed by atoms with van der Waals surface area (Å²) in [6.07, 6.45) is 0. The highest BCUT2D eigenvalue weighted by molar-refractivity contribution is 7.89. The van der Waals surface area contributed by atoms with E-state index >= 15 is 0 Å². The maximum atomic E-state index is 12.5. The Bertz CT molecular complexity index is 773. The molecule has 124 valence electrons. The Morgan fingerprint density at radius 3 is 2.39 bits per heavy atom. The second-order valence-corrected chi connectivity index (χ2v) is 7.41. The van der Waals surface area contributed by atoms with Crippen molar-refractivity contribution in [2.24, 2.45) is 0 Å². The first kappa shape index (κ1) is 17.8. The SMILES string of the molecule is CCOc1ccc(S(=O)(=O)NC(C)c2ccc(Cl)cc2)cc1C. The van der Waals surface area contributed by atoms with Crippen LogP contribution in [0.25, 0.3) is 0 Å². The van der Waals surface area contributed by atoms with Crippen molar-refractivity contribution in [3.8, 4) is 5.75 Å². The molecule has 1 N–H and O–H groups in total. The minimum absolute atomic E-state index is 0.222. The van der Waals surface area contributed by atoms with Gasteiger partial charge >= 0.3 is 0 Å². The molecule has 0 saturated carbocycles. The van der Waals surface area contributed by atoms with Crippen molar-refractivity contribution in [1.82, 2.24) is 4.72 Å². The van der Waals surface area contributed by atoms with Gasteiger partial charge < -0.3 is 4.74 Å². The molecule has 23 heavy (non-hydrogen) atoms. The van der Waals surface area contributed by atoms with Gasteiger partial charge in [0.2, 0.25) is 10.0 Å². The Morgan fingerprint density at radius 2 is 1.83 bits per heavy atom. The number of benzene rings is 2. The first-order valence-electron chi connectivity index (χ1n) is 7.34. The van der Waals surface area contributed by atoms with Gasteiger partial charge in [0.1, 0.15) is 5.75 Å². The topological polar surface area (TPSA) is 55.4 Å². The van der Waals surface area contributed by atoms with E-state index < -0.39 is 10.0 Å². The maximum Gasteiger partial charge on any atom is 0.241 e. The van der Waals surface area contributed by atoms with Gasteiger partial charge in [-0.2, -0.15) is 0 Å². The molecule has 0 aromatic heterocycles. The van der Waals surface area contributed by atoms with Crippen molar-refractivity contribution in [1.29, 1.82) is 0 Å². The Balaban J connectivity index is 2.21. The van der Waals surface area contributed by atoms with E-state index in [9.17, 15) is 8.42 Å². The molecule has 1 unspecified atom stereocenters. The average Bonchev–Trinajstić information content (AvgIpc) is 2.49. The molecule has 0 radical (unpaired) electrons. The summed E-state index contributed by atoms with van der Waals surface area (Å²) in [7, 11) is -3.61. The zero-order valence-corrected chi connectivity index (χ0v) is 14.9. The van der Waals surface area contributed by atoms with Crippen LogP contribution in [-0.2, 0) is 10.0 Å². The Morgan fingerprint density at radius 1 is 1.17 bits per heavy atom. The van der Waals surface area contributed by atoms with Crippen molar-refractivity contribution in [2.45, 2.75) is 31.7 Å². The van der Waals surface area contributed by atoms with E-state index in [0.29, 0.717) is 17.4 Å². The summed E-state index contributed by atoms with van der Waals surface area (Å²) in [6, 6.07) is 11.6. The molecule has 0 aliphatic rings. The summed E-state index contributed by atoms with van der Waals surface area (Å²) in [5.74, 6) is 0.692. The molecule has 0 saturated heterocycles. The highest BCUT2D eigenvalue weighted by atomic mass is 35.5. The smallest absolute Gasteiger partial charge is 0.241 e. The van der Waals surface area contributed by atoms with Crippen LogP contribution in [0.2, 0.25) is 5.02 Å². The summed E-state index contributed by atoms with van der Waals surface area (Å²) in [4.78, 5) is 0.222. The lowest BCUT2D eigenvalue weighted by atomic mass is 10.1. The number of halogens is 1. The van der Waals surface area contributed by atoms with E-state index in [2.05, 4.69) is 4.72 Å². The van der Waals surface area contributed by atoms with Gasteiger partial charge in [-0.05, 0) is 62.2 Å². The molecule has 0 fully saturated rings. The summed E-state index contributed by atoms with van der Waals surface area (Å²) in [5.41, 5.74) is 1.63. The molecule has 2 rings (SSSR count). The van der Waals surface area contributed by atoms with Crippen LogP contribution in [-0.4, -0.2) is 15.0 Å². The molecule has 0 spiro atoms. The first-order valence-corrected chi connectivity index (χ1v) is 9.21. The fourth-order valence-electron chi connectivity index (χ4n) is 2.23. The molecule has 0 aliphatic heterocycles. The fourth-order valence-corrected chi connectivity index (χ4v) is 3.67. The lowest BCUT2D eigenvalue weighted by Gasteiger charge is -2.16. The van der Waals surface area contributed by atoms with Crippen LogP contribution in [0.15, 0.2) is 47.4 Å². The van der Waals surface area contributed by atoms with Crippen molar-refractivity contribution in [2.75, 3.05) is 6.61 Å². The lowest BCUT2D eigenvalue weighted by molar-refractivity contribution is 0.337. The van der Waals surface area contributed by atoms with E-state index in [1.165, 1.54) is 0 Å². The van der Waals surface area contributed by atoms with Gasteiger partial charge in [-0.3, -0.25) is 0 Å². The van der Waals surface area contributed by atoms with Crippen molar-refractivity contribution in [3.63, 3.8) is 0 Å². The highest BCUT2D eigenvalue weighted by Gasteiger charge is 2.19. The monoisotopic (exact) mass is 353 g/mol. The molecule has 0 heterocycles. The Hall–Kier alpha value is -1.56. The van der Waals surface area contributed by atoms with Crippen LogP contribution in [0.3, 0.4) is 0 Å². The third-order valence-corrected chi connectivity index (χ3v) is 5.25. The van der Waals surface area contributed by atoms with Gasteiger partial charge in [0.15, 0.2) is 0 Å². The zero-order chi connectivity index (χ0) is 17.0. The molecule has 2 aromatic carbocycles. The van der Waals surface area contributed by atoms with E-state index in [-0.39, 0.29) is 10.9 Å². The Labute approximate surface area is 142 Å². The number of aryl methyl sites for hydroxylation is 1. The molecular weight excluding hydrogens is 334 g/mol. The van der Waals surface area contributed by atoms with Gasteiger partial charge in [0.05, 0.1) is 11.5 Å². The third-order valence-electron chi connectivity index (χ3n) is 3.46. The summed E-state index contributed by atoms with van der Waals surface area (Å²) in [6.45, 7) is 6.05. The van der Waals surface area contributed by atoms with Crippen LogP contribution in [0.1, 0.15) is 31.0 Å². The zero-order valence-electron chi connectivity index (χ0n) is 13.3. The van der Waals surface area contributed by atoms with Gasteiger partial charge in [-0.25, -0.2) is 13.1 Å². The maximum absolute atomic E-state index is 12.5. The first-order chi connectivity index (χ1) is 10.8. The standard InChI is InChI=1S/C17H20ClNO3S/c1-4-22-17-10-9-16(11-12(17)2)23(20,21)19-13(3)14-5-7-15(18)8-6-14/h5-11,13,19H,4H2,1-3H3. The quantitative estimate of drug-likeness (QED) is 0.851.